The highest BCUT2D eigenvalue weighted by atomic mass is 32.2. The molecule has 7 nitrogen and oxygen atoms in total. The van der Waals surface area contributed by atoms with Crippen LogP contribution in [0.5, 0.6) is 0 Å². The smallest absolute Gasteiger partial charge is 0.264 e. The summed E-state index contributed by atoms with van der Waals surface area (Å²) in [6.45, 7) is 0. The van der Waals surface area contributed by atoms with Gasteiger partial charge < -0.3 is 9.42 Å². The van der Waals surface area contributed by atoms with E-state index in [1.54, 1.807) is 13.1 Å². The first-order valence-electron chi connectivity index (χ1n) is 7.88. The van der Waals surface area contributed by atoms with E-state index in [4.69, 9.17) is 4.52 Å². The first-order valence-corrected chi connectivity index (χ1v) is 9.36. The van der Waals surface area contributed by atoms with Crippen LogP contribution in [-0.4, -0.2) is 26.5 Å². The number of benzene rings is 2. The summed E-state index contributed by atoms with van der Waals surface area (Å²) in [6.07, 6.45) is 1.65. The number of nitrogens with zero attached hydrogens (tertiary/aromatic N) is 2. The Hall–Kier alpha value is -3.13. The van der Waals surface area contributed by atoms with Gasteiger partial charge in [0.25, 0.3) is 10.0 Å². The van der Waals surface area contributed by atoms with E-state index in [0.29, 0.717) is 11.1 Å². The maximum absolute atomic E-state index is 12.7. The van der Waals surface area contributed by atoms with Crippen molar-refractivity contribution in [2.24, 2.45) is 0 Å². The average Bonchev–Trinajstić information content (AvgIpc) is 3.20. The van der Waals surface area contributed by atoms with Gasteiger partial charge in [-0.1, -0.05) is 35.5 Å². The number of hydrogen-bond donors (Lipinski definition) is 1. The highest BCUT2D eigenvalue weighted by Gasteiger charge is 2.27. The van der Waals surface area contributed by atoms with Crippen molar-refractivity contribution in [3.05, 3.63) is 60.3 Å². The SMILES string of the molecule is CN1C(=O)Cc2cc(S(=O)(=O)Nc3oncc3-c3ccccc3)ccc21. The molecular weight excluding hydrogens is 354 g/mol. The fraction of sp³-hybridized carbons (Fsp3) is 0.111. The van der Waals surface area contributed by atoms with Crippen molar-refractivity contribution in [2.75, 3.05) is 16.7 Å². The molecule has 0 fully saturated rings. The van der Waals surface area contributed by atoms with Crippen LogP contribution in [0.1, 0.15) is 5.56 Å². The Balaban J connectivity index is 1.67. The zero-order valence-corrected chi connectivity index (χ0v) is 14.7. The highest BCUT2D eigenvalue weighted by Crippen LogP contribution is 2.32. The standard InChI is InChI=1S/C18H15N3O4S/c1-21-16-8-7-14(9-13(16)10-17(21)22)26(23,24)20-18-15(11-19-25-18)12-5-3-2-4-6-12/h2-9,11,20H,10H2,1H3. The number of sulfonamides is 1. The van der Waals surface area contributed by atoms with Gasteiger partial charge >= 0.3 is 0 Å². The van der Waals surface area contributed by atoms with Gasteiger partial charge in [-0.05, 0) is 29.3 Å². The van der Waals surface area contributed by atoms with Gasteiger partial charge in [0.1, 0.15) is 0 Å². The number of likely N-dealkylation sites (N-methyl/N-ethyl adjacent to an activating group) is 1. The van der Waals surface area contributed by atoms with Gasteiger partial charge in [0.05, 0.1) is 23.1 Å². The monoisotopic (exact) mass is 369 g/mol. The lowest BCUT2D eigenvalue weighted by atomic mass is 10.1. The van der Waals surface area contributed by atoms with E-state index in [1.165, 1.54) is 23.2 Å². The zero-order chi connectivity index (χ0) is 18.3. The minimum absolute atomic E-state index is 0.0462. The molecule has 0 bridgehead atoms. The number of anilines is 2. The van der Waals surface area contributed by atoms with Crippen LogP contribution in [0.25, 0.3) is 11.1 Å². The number of carbonyl (C=O) groups is 1. The van der Waals surface area contributed by atoms with Crippen LogP contribution in [0.3, 0.4) is 0 Å². The van der Waals surface area contributed by atoms with E-state index in [-0.39, 0.29) is 23.1 Å². The summed E-state index contributed by atoms with van der Waals surface area (Å²) < 4.78 is 33.0. The summed E-state index contributed by atoms with van der Waals surface area (Å²) in [5, 5.41) is 3.70. The van der Waals surface area contributed by atoms with Gasteiger partial charge in [0.15, 0.2) is 0 Å². The van der Waals surface area contributed by atoms with Gasteiger partial charge in [0, 0.05) is 12.7 Å². The van der Waals surface area contributed by atoms with Crippen molar-refractivity contribution < 1.29 is 17.7 Å². The van der Waals surface area contributed by atoms with Crippen LogP contribution in [0.2, 0.25) is 0 Å². The van der Waals surface area contributed by atoms with Gasteiger partial charge in [-0.2, -0.15) is 0 Å². The molecule has 3 aromatic rings. The lowest BCUT2D eigenvalue weighted by Crippen LogP contribution is -2.20. The number of rotatable bonds is 4. The lowest BCUT2D eigenvalue weighted by molar-refractivity contribution is -0.117. The van der Waals surface area contributed by atoms with Crippen molar-refractivity contribution in [3.63, 3.8) is 0 Å². The molecule has 8 heteroatoms. The van der Waals surface area contributed by atoms with E-state index >= 15 is 0 Å². The fourth-order valence-corrected chi connectivity index (χ4v) is 3.98. The summed E-state index contributed by atoms with van der Waals surface area (Å²) in [5.41, 5.74) is 2.73. The number of amides is 1. The number of fused-ring (bicyclic) bond motifs is 1. The summed E-state index contributed by atoms with van der Waals surface area (Å²) in [4.78, 5) is 13.4. The first kappa shape index (κ1) is 16.3. The molecule has 1 aromatic heterocycles. The normalized spacial score (nSPS) is 13.7. The quantitative estimate of drug-likeness (QED) is 0.763. The Morgan fingerprint density at radius 3 is 2.69 bits per heavy atom. The molecule has 0 radical (unpaired) electrons. The minimum atomic E-state index is -3.88. The average molecular weight is 369 g/mol. The molecule has 0 saturated heterocycles. The Morgan fingerprint density at radius 1 is 1.15 bits per heavy atom. The van der Waals surface area contributed by atoms with Crippen LogP contribution >= 0.6 is 0 Å². The maximum atomic E-state index is 12.7. The van der Waals surface area contributed by atoms with Gasteiger partial charge in [-0.15, -0.1) is 0 Å². The zero-order valence-electron chi connectivity index (χ0n) is 13.8. The predicted molar refractivity (Wildman–Crippen MR) is 96.3 cm³/mol. The number of hydrogen-bond acceptors (Lipinski definition) is 5. The largest absolute Gasteiger partial charge is 0.337 e. The molecule has 0 saturated carbocycles. The third kappa shape index (κ3) is 2.74. The van der Waals surface area contributed by atoms with Gasteiger partial charge in [-0.3, -0.25) is 4.79 Å². The number of aromatic nitrogens is 1. The minimum Gasteiger partial charge on any atom is -0.337 e. The molecule has 2 aromatic carbocycles. The van der Waals surface area contributed by atoms with Crippen LogP contribution < -0.4 is 9.62 Å². The second-order valence-electron chi connectivity index (χ2n) is 5.96. The molecule has 0 atom stereocenters. The van der Waals surface area contributed by atoms with Gasteiger partial charge in [-0.25, -0.2) is 13.1 Å². The van der Waals surface area contributed by atoms with Gasteiger partial charge in [0.2, 0.25) is 11.8 Å². The van der Waals surface area contributed by atoms with Crippen LogP contribution in [0.4, 0.5) is 11.6 Å². The van der Waals surface area contributed by atoms with Crippen molar-refractivity contribution >= 4 is 27.5 Å². The molecule has 26 heavy (non-hydrogen) atoms. The van der Waals surface area contributed by atoms with E-state index in [9.17, 15) is 13.2 Å². The van der Waals surface area contributed by atoms with Crippen LogP contribution in [0, 0.1) is 0 Å². The third-order valence-electron chi connectivity index (χ3n) is 4.32. The molecule has 1 N–H and O–H groups in total. The molecule has 132 valence electrons. The Labute approximate surface area is 150 Å². The number of carbonyl (C=O) groups excluding carboxylic acids is 1. The maximum Gasteiger partial charge on any atom is 0.264 e. The van der Waals surface area contributed by atoms with Crippen molar-refractivity contribution in [1.82, 2.24) is 5.16 Å². The number of nitrogens with one attached hydrogen (secondary N) is 1. The van der Waals surface area contributed by atoms with E-state index in [2.05, 4.69) is 9.88 Å². The molecular formula is C18H15N3O4S. The lowest BCUT2D eigenvalue weighted by Gasteiger charge is -2.11. The van der Waals surface area contributed by atoms with Crippen molar-refractivity contribution in [3.8, 4) is 11.1 Å². The Bertz CT molecular complexity index is 1090. The van der Waals surface area contributed by atoms with E-state index in [0.717, 1.165) is 11.3 Å². The summed E-state index contributed by atoms with van der Waals surface area (Å²) >= 11 is 0. The topological polar surface area (TPSA) is 92.5 Å². The molecule has 1 aliphatic rings. The second kappa shape index (κ2) is 5.99. The molecule has 1 aliphatic heterocycles. The van der Waals surface area contributed by atoms with Crippen LogP contribution in [0.15, 0.2) is 64.1 Å². The van der Waals surface area contributed by atoms with Crippen molar-refractivity contribution in [2.45, 2.75) is 11.3 Å². The molecule has 0 aliphatic carbocycles. The molecule has 0 unspecified atom stereocenters. The Kier molecular flexibility index (Phi) is 3.77. The predicted octanol–water partition coefficient (Wildman–Crippen LogP) is 2.66. The van der Waals surface area contributed by atoms with Crippen LogP contribution in [-0.2, 0) is 21.2 Å². The summed E-state index contributed by atoms with van der Waals surface area (Å²) in [6, 6.07) is 13.8. The van der Waals surface area contributed by atoms with E-state index in [1.807, 2.05) is 30.3 Å². The molecule has 1 amide bonds. The van der Waals surface area contributed by atoms with E-state index < -0.39 is 10.0 Å². The fourth-order valence-electron chi connectivity index (χ4n) is 2.93. The molecule has 0 spiro atoms. The molecule has 4 rings (SSSR count). The highest BCUT2D eigenvalue weighted by molar-refractivity contribution is 7.92. The third-order valence-corrected chi connectivity index (χ3v) is 5.65. The van der Waals surface area contributed by atoms with Crippen molar-refractivity contribution in [1.29, 1.82) is 0 Å². The second-order valence-corrected chi connectivity index (χ2v) is 7.64. The first-order chi connectivity index (χ1) is 12.5. The summed E-state index contributed by atoms with van der Waals surface area (Å²) in [7, 11) is -2.22. The summed E-state index contributed by atoms with van der Waals surface area (Å²) in [5.74, 6) is -0.0194. The Morgan fingerprint density at radius 2 is 1.92 bits per heavy atom. The molecule has 2 heterocycles.